The molecule has 0 spiro atoms. The van der Waals surface area contributed by atoms with Gasteiger partial charge in [-0.25, -0.2) is 14.2 Å². The molecule has 1 aliphatic rings. The van der Waals surface area contributed by atoms with Crippen LogP contribution in [0.1, 0.15) is 10.4 Å². The molecule has 0 bridgehead atoms. The van der Waals surface area contributed by atoms with Crippen molar-refractivity contribution >= 4 is 17.7 Å². The van der Waals surface area contributed by atoms with Gasteiger partial charge in [0.05, 0.1) is 13.2 Å². The number of rotatable bonds is 3. The number of nitrogens with zero attached hydrogens (tertiary/aromatic N) is 2. The molecular formula is C11H12FN3O4. The standard InChI is InChI=1S/C11H12FN3O4/c12-8-6(11(17)18)1-2-14-10(8)15-3-4-19-5-7(15)9(13)16/h1-2,7H,3-5H2,(H2,13,16)(H,17,18). The van der Waals surface area contributed by atoms with Gasteiger partial charge in [0.2, 0.25) is 5.91 Å². The SMILES string of the molecule is NC(=O)C1COCCN1c1nccc(C(=O)O)c1F. The first-order chi connectivity index (χ1) is 9.02. The van der Waals surface area contributed by atoms with Gasteiger partial charge in [0.25, 0.3) is 0 Å². The number of hydrogen-bond donors (Lipinski definition) is 2. The molecule has 19 heavy (non-hydrogen) atoms. The second-order valence-electron chi connectivity index (χ2n) is 3.99. The minimum absolute atomic E-state index is 0.0216. The summed E-state index contributed by atoms with van der Waals surface area (Å²) in [6.07, 6.45) is 1.18. The van der Waals surface area contributed by atoms with Gasteiger partial charge in [0.15, 0.2) is 11.6 Å². The molecule has 7 nitrogen and oxygen atoms in total. The summed E-state index contributed by atoms with van der Waals surface area (Å²) in [7, 11) is 0. The van der Waals surface area contributed by atoms with Crippen molar-refractivity contribution in [2.45, 2.75) is 6.04 Å². The van der Waals surface area contributed by atoms with Gasteiger partial charge in [-0.15, -0.1) is 0 Å². The van der Waals surface area contributed by atoms with Crippen LogP contribution in [0.5, 0.6) is 0 Å². The van der Waals surface area contributed by atoms with E-state index in [1.165, 1.54) is 11.1 Å². The third-order valence-electron chi connectivity index (χ3n) is 2.83. The summed E-state index contributed by atoms with van der Waals surface area (Å²) in [6.45, 7) is 0.510. The van der Waals surface area contributed by atoms with Crippen LogP contribution in [0.15, 0.2) is 12.3 Å². The maximum Gasteiger partial charge on any atom is 0.338 e. The third-order valence-corrected chi connectivity index (χ3v) is 2.83. The van der Waals surface area contributed by atoms with E-state index in [1.807, 2.05) is 0 Å². The number of hydrogen-bond acceptors (Lipinski definition) is 5. The van der Waals surface area contributed by atoms with Crippen LogP contribution in [0.2, 0.25) is 0 Å². The summed E-state index contributed by atoms with van der Waals surface area (Å²) in [5.74, 6) is -3.26. The van der Waals surface area contributed by atoms with E-state index in [9.17, 15) is 14.0 Å². The number of carbonyl (C=O) groups excluding carboxylic acids is 1. The molecule has 0 aromatic carbocycles. The molecule has 0 saturated carbocycles. The molecule has 1 aliphatic heterocycles. The lowest BCUT2D eigenvalue weighted by molar-refractivity contribution is -0.121. The second kappa shape index (κ2) is 5.19. The topological polar surface area (TPSA) is 106 Å². The number of pyridine rings is 1. The summed E-state index contributed by atoms with van der Waals surface area (Å²) < 4.78 is 19.2. The molecular weight excluding hydrogens is 257 g/mol. The Morgan fingerprint density at radius 3 is 2.95 bits per heavy atom. The van der Waals surface area contributed by atoms with Crippen molar-refractivity contribution in [1.29, 1.82) is 0 Å². The van der Waals surface area contributed by atoms with Crippen molar-refractivity contribution in [1.82, 2.24) is 4.98 Å². The van der Waals surface area contributed by atoms with Gasteiger partial charge in [-0.2, -0.15) is 0 Å². The Kier molecular flexibility index (Phi) is 3.61. The number of ether oxygens (including phenoxy) is 1. The van der Waals surface area contributed by atoms with Gasteiger partial charge in [-0.05, 0) is 6.07 Å². The number of aromatic nitrogens is 1. The molecule has 2 rings (SSSR count). The molecule has 3 N–H and O–H groups in total. The van der Waals surface area contributed by atoms with Crippen molar-refractivity contribution in [3.05, 3.63) is 23.6 Å². The Morgan fingerprint density at radius 1 is 1.58 bits per heavy atom. The number of aromatic carboxylic acids is 1. The van der Waals surface area contributed by atoms with Crippen LogP contribution in [0.4, 0.5) is 10.2 Å². The van der Waals surface area contributed by atoms with Gasteiger partial charge in [-0.1, -0.05) is 0 Å². The summed E-state index contributed by atoms with van der Waals surface area (Å²) in [6, 6.07) is 0.195. The van der Waals surface area contributed by atoms with Crippen molar-refractivity contribution in [2.75, 3.05) is 24.7 Å². The molecule has 8 heteroatoms. The Morgan fingerprint density at radius 2 is 2.32 bits per heavy atom. The monoisotopic (exact) mass is 269 g/mol. The zero-order chi connectivity index (χ0) is 14.0. The first-order valence-electron chi connectivity index (χ1n) is 5.54. The highest BCUT2D eigenvalue weighted by atomic mass is 19.1. The molecule has 1 aromatic heterocycles. The van der Waals surface area contributed by atoms with E-state index in [-0.39, 0.29) is 25.6 Å². The van der Waals surface area contributed by atoms with Crippen LogP contribution in [-0.2, 0) is 9.53 Å². The fourth-order valence-corrected chi connectivity index (χ4v) is 1.89. The average molecular weight is 269 g/mol. The minimum atomic E-state index is -1.40. The first-order valence-corrected chi connectivity index (χ1v) is 5.54. The van der Waals surface area contributed by atoms with Crippen LogP contribution in [0.3, 0.4) is 0 Å². The lowest BCUT2D eigenvalue weighted by Crippen LogP contribution is -2.53. The molecule has 1 amide bonds. The van der Waals surface area contributed by atoms with Gasteiger partial charge in [-0.3, -0.25) is 4.79 Å². The number of carbonyl (C=O) groups is 2. The van der Waals surface area contributed by atoms with Crippen LogP contribution >= 0.6 is 0 Å². The van der Waals surface area contributed by atoms with Crippen LogP contribution in [0, 0.1) is 5.82 Å². The molecule has 1 aromatic rings. The minimum Gasteiger partial charge on any atom is -0.478 e. The molecule has 0 aliphatic carbocycles. The fraction of sp³-hybridized carbons (Fsp3) is 0.364. The molecule has 2 heterocycles. The lowest BCUT2D eigenvalue weighted by atomic mass is 10.2. The Labute approximate surface area is 107 Å². The van der Waals surface area contributed by atoms with E-state index in [2.05, 4.69) is 4.98 Å². The van der Waals surface area contributed by atoms with Crippen molar-refractivity contribution in [3.63, 3.8) is 0 Å². The van der Waals surface area contributed by atoms with Crippen LogP contribution in [-0.4, -0.2) is 47.8 Å². The normalized spacial score (nSPS) is 19.2. The average Bonchev–Trinajstić information content (AvgIpc) is 2.38. The Bertz CT molecular complexity index is 523. The molecule has 1 atom stereocenters. The van der Waals surface area contributed by atoms with Crippen LogP contribution in [0.25, 0.3) is 0 Å². The summed E-state index contributed by atoms with van der Waals surface area (Å²) in [5.41, 5.74) is 4.72. The van der Waals surface area contributed by atoms with E-state index in [0.29, 0.717) is 0 Å². The van der Waals surface area contributed by atoms with E-state index in [0.717, 1.165) is 6.07 Å². The van der Waals surface area contributed by atoms with E-state index >= 15 is 0 Å². The maximum absolute atomic E-state index is 14.1. The summed E-state index contributed by atoms with van der Waals surface area (Å²) in [4.78, 5) is 27.3. The van der Waals surface area contributed by atoms with Gasteiger partial charge >= 0.3 is 5.97 Å². The number of amides is 1. The number of primary amides is 1. The smallest absolute Gasteiger partial charge is 0.338 e. The number of carboxylic acids is 1. The summed E-state index contributed by atoms with van der Waals surface area (Å²) in [5, 5.41) is 8.86. The van der Waals surface area contributed by atoms with Gasteiger partial charge in [0.1, 0.15) is 11.6 Å². The molecule has 1 unspecified atom stereocenters. The number of nitrogens with two attached hydrogens (primary N) is 1. The van der Waals surface area contributed by atoms with E-state index < -0.39 is 29.3 Å². The van der Waals surface area contributed by atoms with Crippen molar-refractivity contribution in [2.24, 2.45) is 5.73 Å². The molecule has 0 radical (unpaired) electrons. The van der Waals surface area contributed by atoms with Crippen molar-refractivity contribution < 1.29 is 23.8 Å². The quantitative estimate of drug-likeness (QED) is 0.774. The molecule has 102 valence electrons. The zero-order valence-electron chi connectivity index (χ0n) is 9.88. The number of anilines is 1. The Hall–Kier alpha value is -2.22. The van der Waals surface area contributed by atoms with Crippen LogP contribution < -0.4 is 10.6 Å². The fourth-order valence-electron chi connectivity index (χ4n) is 1.89. The number of morpholine rings is 1. The summed E-state index contributed by atoms with van der Waals surface area (Å²) >= 11 is 0. The Balaban J connectivity index is 2.42. The molecule has 1 saturated heterocycles. The number of carboxylic acid groups (broad SMARTS) is 1. The predicted octanol–water partition coefficient (Wildman–Crippen LogP) is -0.391. The van der Waals surface area contributed by atoms with Crippen molar-refractivity contribution in [3.8, 4) is 0 Å². The van der Waals surface area contributed by atoms with Gasteiger partial charge < -0.3 is 20.5 Å². The largest absolute Gasteiger partial charge is 0.478 e. The molecule has 1 fully saturated rings. The first kappa shape index (κ1) is 13.2. The lowest BCUT2D eigenvalue weighted by Gasteiger charge is -2.34. The highest BCUT2D eigenvalue weighted by molar-refractivity contribution is 5.89. The van der Waals surface area contributed by atoms with E-state index in [1.54, 1.807) is 0 Å². The predicted molar refractivity (Wildman–Crippen MR) is 62.3 cm³/mol. The second-order valence-corrected chi connectivity index (χ2v) is 3.99. The third kappa shape index (κ3) is 2.48. The number of halogens is 1. The zero-order valence-corrected chi connectivity index (χ0v) is 9.88. The highest BCUT2D eigenvalue weighted by Crippen LogP contribution is 2.23. The maximum atomic E-state index is 14.1. The van der Waals surface area contributed by atoms with E-state index in [4.69, 9.17) is 15.6 Å². The van der Waals surface area contributed by atoms with Gasteiger partial charge in [0, 0.05) is 12.7 Å². The highest BCUT2D eigenvalue weighted by Gasteiger charge is 2.31.